The maximum Gasteiger partial charge on any atom is 0.313 e. The van der Waals surface area contributed by atoms with Crippen molar-refractivity contribution in [3.8, 4) is 0 Å². The number of aromatic nitrogens is 6. The van der Waals surface area contributed by atoms with Gasteiger partial charge in [-0.15, -0.1) is 0 Å². The zero-order valence-electron chi connectivity index (χ0n) is 16.0. The van der Waals surface area contributed by atoms with Crippen molar-refractivity contribution < 1.29 is 33.1 Å². The van der Waals surface area contributed by atoms with E-state index in [0.717, 1.165) is 10.7 Å². The first-order valence-electron chi connectivity index (χ1n) is 8.79. The second kappa shape index (κ2) is 7.58. The smallest absolute Gasteiger partial charge is 0.313 e. The Labute approximate surface area is 169 Å². The lowest BCUT2D eigenvalue weighted by Gasteiger charge is -2.26. The van der Waals surface area contributed by atoms with Crippen LogP contribution in [0.2, 0.25) is 0 Å². The Bertz CT molecular complexity index is 1160. The van der Waals surface area contributed by atoms with Crippen molar-refractivity contribution in [2.75, 3.05) is 19.5 Å². The van der Waals surface area contributed by atoms with Crippen LogP contribution in [0.5, 0.6) is 0 Å². The average Bonchev–Trinajstić information content (AvgIpc) is 3.39. The number of methoxy groups -OCH3 is 1. The topological polar surface area (TPSA) is 186 Å². The van der Waals surface area contributed by atoms with E-state index in [2.05, 4.69) is 15.0 Å². The number of nitrogen functional groups attached to an aromatic ring is 1. The molecule has 0 aliphatic carbocycles. The maximum absolute atomic E-state index is 12.2. The lowest BCUT2D eigenvalue weighted by Crippen LogP contribution is -2.46. The van der Waals surface area contributed by atoms with E-state index in [4.69, 9.17) is 19.7 Å². The molecule has 3 aromatic rings. The van der Waals surface area contributed by atoms with Crippen LogP contribution in [-0.2, 0) is 25.6 Å². The second-order valence-corrected chi connectivity index (χ2v) is 8.38. The molecular formula is C15H20N7O7P. The van der Waals surface area contributed by atoms with Gasteiger partial charge in [-0.3, -0.25) is 23.2 Å². The normalized spacial score (nSPS) is 26.3. The van der Waals surface area contributed by atoms with E-state index in [-0.39, 0.29) is 17.1 Å². The van der Waals surface area contributed by atoms with Crippen LogP contribution < -0.4 is 20.8 Å². The maximum atomic E-state index is 12.2. The minimum Gasteiger partial charge on any atom is -0.761 e. The fourth-order valence-corrected chi connectivity index (χ4v) is 4.34. The molecule has 0 radical (unpaired) electrons. The number of hydrogen-bond donors (Lipinski definition) is 3. The highest BCUT2D eigenvalue weighted by Gasteiger charge is 2.48. The monoisotopic (exact) mass is 441 g/mol. The molecule has 1 aliphatic heterocycles. The van der Waals surface area contributed by atoms with E-state index < -0.39 is 44.5 Å². The third kappa shape index (κ3) is 3.43. The number of hydrogen-bond acceptors (Lipinski definition) is 10. The first-order chi connectivity index (χ1) is 14.2. The summed E-state index contributed by atoms with van der Waals surface area (Å²) in [4.78, 5) is 34.6. The van der Waals surface area contributed by atoms with Gasteiger partial charge >= 0.3 is 5.65 Å². The number of fused-ring (bicyclic) bond motifs is 1. The Hall–Kier alpha value is -2.61. The van der Waals surface area contributed by atoms with Gasteiger partial charge in [-0.1, -0.05) is 4.98 Å². The van der Waals surface area contributed by atoms with Crippen LogP contribution in [0.3, 0.4) is 0 Å². The molecule has 2 unspecified atom stereocenters. The summed E-state index contributed by atoms with van der Waals surface area (Å²) in [6.07, 6.45) is 1.07. The molecule has 3 aromatic heterocycles. The Morgan fingerprint density at radius 1 is 1.53 bits per heavy atom. The fraction of sp³-hybridized carbons (Fsp3) is 0.467. The number of imidazole rings is 2. The van der Waals surface area contributed by atoms with Crippen LogP contribution in [-0.4, -0.2) is 61.0 Å². The Morgan fingerprint density at radius 3 is 2.97 bits per heavy atom. The minimum atomic E-state index is -4.44. The van der Waals surface area contributed by atoms with Crippen LogP contribution in [0.1, 0.15) is 6.23 Å². The van der Waals surface area contributed by atoms with Crippen molar-refractivity contribution >= 4 is 24.9 Å². The number of aliphatic hydroxyl groups excluding tert-OH is 1. The lowest BCUT2D eigenvalue weighted by molar-refractivity contribution is -0.745. The molecule has 0 spiro atoms. The molecule has 15 heteroatoms. The number of aromatic amines is 1. The van der Waals surface area contributed by atoms with Gasteiger partial charge in [0.2, 0.25) is 19.5 Å². The molecule has 0 aromatic carbocycles. The van der Waals surface area contributed by atoms with Crippen LogP contribution >= 0.6 is 7.75 Å². The molecule has 14 nitrogen and oxygen atoms in total. The summed E-state index contributed by atoms with van der Waals surface area (Å²) >= 11 is 0. The van der Waals surface area contributed by atoms with Crippen molar-refractivity contribution in [3.63, 3.8) is 0 Å². The van der Waals surface area contributed by atoms with Gasteiger partial charge in [0.1, 0.15) is 24.6 Å². The molecule has 5 atom stereocenters. The predicted molar refractivity (Wildman–Crippen MR) is 97.8 cm³/mol. The third-order valence-corrected chi connectivity index (χ3v) is 6.10. The van der Waals surface area contributed by atoms with Gasteiger partial charge in [-0.25, -0.2) is 9.55 Å². The summed E-state index contributed by atoms with van der Waals surface area (Å²) in [5.41, 5.74) is 5.60. The molecule has 4 N–H and O–H groups in total. The Morgan fingerprint density at radius 2 is 2.30 bits per heavy atom. The number of nitrogens with two attached hydrogens (primary N) is 1. The van der Waals surface area contributed by atoms with E-state index in [1.165, 1.54) is 35.0 Å². The van der Waals surface area contributed by atoms with Crippen LogP contribution in [0, 0.1) is 0 Å². The van der Waals surface area contributed by atoms with E-state index in [1.807, 2.05) is 0 Å². The molecule has 1 saturated heterocycles. The largest absolute Gasteiger partial charge is 0.761 e. The molecule has 30 heavy (non-hydrogen) atoms. The number of ether oxygens (including phenoxy) is 2. The lowest BCUT2D eigenvalue weighted by atomic mass is 10.1. The van der Waals surface area contributed by atoms with Gasteiger partial charge < -0.3 is 29.7 Å². The predicted octanol–water partition coefficient (Wildman–Crippen LogP) is -2.37. The van der Waals surface area contributed by atoms with Crippen LogP contribution in [0.4, 0.5) is 5.95 Å². The number of aryl methyl sites for hydroxylation is 1. The van der Waals surface area contributed by atoms with Crippen molar-refractivity contribution in [2.24, 2.45) is 7.05 Å². The van der Waals surface area contributed by atoms with Gasteiger partial charge in [-0.2, -0.15) is 0 Å². The first kappa shape index (κ1) is 20.7. The van der Waals surface area contributed by atoms with Crippen molar-refractivity contribution in [1.82, 2.24) is 23.9 Å². The molecule has 0 amide bonds. The highest BCUT2D eigenvalue weighted by Crippen LogP contribution is 2.40. The second-order valence-electron chi connectivity index (χ2n) is 6.72. The van der Waals surface area contributed by atoms with Crippen molar-refractivity contribution in [1.29, 1.82) is 0 Å². The highest BCUT2D eigenvalue weighted by atomic mass is 31.2. The third-order valence-electron chi connectivity index (χ3n) is 4.82. The van der Waals surface area contributed by atoms with Gasteiger partial charge in [0.15, 0.2) is 6.33 Å². The van der Waals surface area contributed by atoms with Gasteiger partial charge in [0.25, 0.3) is 11.5 Å². The quantitative estimate of drug-likeness (QED) is 0.276. The number of nitrogens with one attached hydrogen (secondary N) is 1. The SMILES string of the molecule is CO[C@H]1C(O)[C@@H]([n+]2cn(C)c3c(=O)[nH]c(N)nc32)O[C@H]1COP(=O)([O-])n1ccnc1. The molecule has 4 heterocycles. The number of rotatable bonds is 6. The summed E-state index contributed by atoms with van der Waals surface area (Å²) in [6, 6.07) is 0. The fourth-order valence-electron chi connectivity index (χ4n) is 3.46. The Kier molecular flexibility index (Phi) is 5.22. The minimum absolute atomic E-state index is 0.101. The molecule has 0 bridgehead atoms. The van der Waals surface area contributed by atoms with Gasteiger partial charge in [0.05, 0.1) is 13.7 Å². The standard InChI is InChI=1S/C15H20N7O7P/c1-20-7-22(12-9(20)13(24)19-15(16)18-12)14-10(23)11(27-2)8(29-14)5-28-30(25,26)21-4-3-17-6-21/h3-4,6-8,10-11,14,23H,5H2,1-2H3,(H3-,16,18,19,24,25,26)/t8-,10?,11+,14-/m0/s1. The van der Waals surface area contributed by atoms with E-state index >= 15 is 0 Å². The molecule has 0 saturated carbocycles. The summed E-state index contributed by atoms with van der Waals surface area (Å²) < 4.78 is 32.2. The van der Waals surface area contributed by atoms with E-state index in [1.54, 1.807) is 7.05 Å². The van der Waals surface area contributed by atoms with E-state index in [9.17, 15) is 19.4 Å². The zero-order valence-corrected chi connectivity index (χ0v) is 16.9. The molecule has 4 rings (SSSR count). The van der Waals surface area contributed by atoms with Crippen LogP contribution in [0.15, 0.2) is 29.8 Å². The number of aliphatic hydroxyl groups is 1. The van der Waals surface area contributed by atoms with Crippen LogP contribution in [0.25, 0.3) is 11.2 Å². The number of anilines is 1. The first-order valence-corrected chi connectivity index (χ1v) is 10.3. The van der Waals surface area contributed by atoms with Gasteiger partial charge in [-0.05, 0) is 0 Å². The Balaban J connectivity index is 1.62. The summed E-state index contributed by atoms with van der Waals surface area (Å²) in [7, 11) is -1.46. The average molecular weight is 441 g/mol. The molecular weight excluding hydrogens is 421 g/mol. The van der Waals surface area contributed by atoms with Gasteiger partial charge in [0, 0.05) is 19.5 Å². The molecule has 162 valence electrons. The summed E-state index contributed by atoms with van der Waals surface area (Å²) in [5, 5.41) is 10.8. The van der Waals surface area contributed by atoms with E-state index in [0.29, 0.717) is 0 Å². The van der Waals surface area contributed by atoms with Crippen molar-refractivity contribution in [2.45, 2.75) is 24.5 Å². The number of H-pyrrole nitrogens is 1. The van der Waals surface area contributed by atoms with Crippen molar-refractivity contribution in [3.05, 3.63) is 35.4 Å². The molecule has 1 aliphatic rings. The summed E-state index contributed by atoms with van der Waals surface area (Å²) in [5.74, 6) is -0.101. The highest BCUT2D eigenvalue weighted by molar-refractivity contribution is 7.49. The number of nitrogens with zero attached hydrogens (tertiary/aromatic N) is 5. The zero-order chi connectivity index (χ0) is 21.6. The molecule has 1 fully saturated rings. The summed E-state index contributed by atoms with van der Waals surface area (Å²) in [6.45, 7) is -0.410.